The molecular formula is C10H12N2O2. The Morgan fingerprint density at radius 1 is 1.50 bits per heavy atom. The molecule has 0 aromatic heterocycles. The lowest BCUT2D eigenvalue weighted by Crippen LogP contribution is -2.36. The summed E-state index contributed by atoms with van der Waals surface area (Å²) in [6.45, 7) is 0. The van der Waals surface area contributed by atoms with Gasteiger partial charge >= 0.3 is 0 Å². The van der Waals surface area contributed by atoms with E-state index in [1.54, 1.807) is 11.9 Å². The van der Waals surface area contributed by atoms with Gasteiger partial charge in [-0.15, -0.1) is 0 Å². The van der Waals surface area contributed by atoms with E-state index in [1.165, 1.54) is 0 Å². The van der Waals surface area contributed by atoms with Crippen LogP contribution in [0.1, 0.15) is 18.0 Å². The van der Waals surface area contributed by atoms with Gasteiger partial charge in [0.2, 0.25) is 5.91 Å². The van der Waals surface area contributed by atoms with E-state index in [1.807, 2.05) is 24.3 Å². The molecule has 14 heavy (non-hydrogen) atoms. The van der Waals surface area contributed by atoms with E-state index in [0.29, 0.717) is 6.42 Å². The molecule has 0 spiro atoms. The minimum atomic E-state index is -0.283. The SMILES string of the molecule is CN1C(=O)CC(NO)c2ccccc21. The van der Waals surface area contributed by atoms with Crippen molar-refractivity contribution in [3.63, 3.8) is 0 Å². The van der Waals surface area contributed by atoms with Crippen LogP contribution in [0.15, 0.2) is 24.3 Å². The van der Waals surface area contributed by atoms with Gasteiger partial charge in [0.1, 0.15) is 0 Å². The van der Waals surface area contributed by atoms with Gasteiger partial charge in [-0.1, -0.05) is 18.2 Å². The van der Waals surface area contributed by atoms with Gasteiger partial charge in [-0.3, -0.25) is 4.79 Å². The molecule has 1 aliphatic heterocycles. The van der Waals surface area contributed by atoms with E-state index >= 15 is 0 Å². The molecule has 4 nitrogen and oxygen atoms in total. The summed E-state index contributed by atoms with van der Waals surface area (Å²) in [5.74, 6) is 0.00949. The number of hydrogen-bond acceptors (Lipinski definition) is 3. The molecule has 1 aromatic rings. The second-order valence-electron chi connectivity index (χ2n) is 3.40. The number of amides is 1. The third kappa shape index (κ3) is 1.29. The number of benzene rings is 1. The summed E-state index contributed by atoms with van der Waals surface area (Å²) >= 11 is 0. The number of carbonyl (C=O) groups is 1. The minimum Gasteiger partial charge on any atom is -0.316 e. The van der Waals surface area contributed by atoms with Crippen molar-refractivity contribution in [3.8, 4) is 0 Å². The van der Waals surface area contributed by atoms with Crippen molar-refractivity contribution in [1.29, 1.82) is 0 Å². The topological polar surface area (TPSA) is 52.6 Å². The molecule has 1 amide bonds. The van der Waals surface area contributed by atoms with E-state index in [2.05, 4.69) is 5.48 Å². The van der Waals surface area contributed by atoms with Gasteiger partial charge < -0.3 is 10.1 Å². The first kappa shape index (κ1) is 9.18. The second kappa shape index (κ2) is 3.40. The molecule has 2 N–H and O–H groups in total. The van der Waals surface area contributed by atoms with Crippen molar-refractivity contribution in [1.82, 2.24) is 5.48 Å². The van der Waals surface area contributed by atoms with Gasteiger partial charge in [0.25, 0.3) is 0 Å². The average molecular weight is 192 g/mol. The molecule has 0 bridgehead atoms. The Kier molecular flexibility index (Phi) is 2.23. The van der Waals surface area contributed by atoms with Crippen LogP contribution in [0.4, 0.5) is 5.69 Å². The number of carbonyl (C=O) groups excluding carboxylic acids is 1. The summed E-state index contributed by atoms with van der Waals surface area (Å²) in [5.41, 5.74) is 3.98. The van der Waals surface area contributed by atoms with Crippen molar-refractivity contribution in [3.05, 3.63) is 29.8 Å². The first-order chi connectivity index (χ1) is 6.74. The van der Waals surface area contributed by atoms with Crippen molar-refractivity contribution in [2.45, 2.75) is 12.5 Å². The smallest absolute Gasteiger partial charge is 0.228 e. The highest BCUT2D eigenvalue weighted by molar-refractivity contribution is 5.96. The van der Waals surface area contributed by atoms with Gasteiger partial charge in [0.05, 0.1) is 6.04 Å². The first-order valence-corrected chi connectivity index (χ1v) is 4.49. The molecule has 0 saturated carbocycles. The highest BCUT2D eigenvalue weighted by Gasteiger charge is 2.28. The highest BCUT2D eigenvalue weighted by Crippen LogP contribution is 2.32. The van der Waals surface area contributed by atoms with E-state index in [0.717, 1.165) is 11.3 Å². The van der Waals surface area contributed by atoms with Crippen LogP contribution >= 0.6 is 0 Å². The molecule has 4 heteroatoms. The maximum Gasteiger partial charge on any atom is 0.228 e. The molecule has 0 fully saturated rings. The van der Waals surface area contributed by atoms with Crippen LogP contribution < -0.4 is 10.4 Å². The van der Waals surface area contributed by atoms with E-state index in [-0.39, 0.29) is 11.9 Å². The number of anilines is 1. The van der Waals surface area contributed by atoms with Gasteiger partial charge in [-0.2, -0.15) is 5.48 Å². The Hall–Kier alpha value is -1.39. The van der Waals surface area contributed by atoms with Crippen LogP contribution in [-0.2, 0) is 4.79 Å². The van der Waals surface area contributed by atoms with Crippen molar-refractivity contribution < 1.29 is 10.0 Å². The summed E-state index contributed by atoms with van der Waals surface area (Å²) in [6, 6.07) is 7.27. The number of rotatable bonds is 1. The summed E-state index contributed by atoms with van der Waals surface area (Å²) < 4.78 is 0. The number of nitrogens with zero attached hydrogens (tertiary/aromatic N) is 1. The van der Waals surface area contributed by atoms with Crippen LogP contribution in [0.3, 0.4) is 0 Å². The number of hydrogen-bond donors (Lipinski definition) is 2. The number of hydroxylamine groups is 1. The summed E-state index contributed by atoms with van der Waals surface area (Å²) in [7, 11) is 1.74. The van der Waals surface area contributed by atoms with Crippen LogP contribution in [0.2, 0.25) is 0 Å². The van der Waals surface area contributed by atoms with Crippen molar-refractivity contribution in [2.24, 2.45) is 0 Å². The zero-order chi connectivity index (χ0) is 10.1. The molecule has 0 radical (unpaired) electrons. The van der Waals surface area contributed by atoms with Crippen LogP contribution in [0, 0.1) is 0 Å². The van der Waals surface area contributed by atoms with Gasteiger partial charge in [0, 0.05) is 19.2 Å². The van der Waals surface area contributed by atoms with Crippen molar-refractivity contribution >= 4 is 11.6 Å². The molecule has 0 aliphatic carbocycles. The largest absolute Gasteiger partial charge is 0.316 e. The standard InChI is InChI=1S/C10H12N2O2/c1-12-9-5-3-2-4-7(9)8(11-14)6-10(12)13/h2-5,8,11,14H,6H2,1H3. The fourth-order valence-electron chi connectivity index (χ4n) is 1.76. The number of fused-ring (bicyclic) bond motifs is 1. The fourth-order valence-corrected chi connectivity index (χ4v) is 1.76. The third-order valence-corrected chi connectivity index (χ3v) is 2.58. The van der Waals surface area contributed by atoms with Gasteiger partial charge in [0.15, 0.2) is 0 Å². The Labute approximate surface area is 82.1 Å². The molecule has 1 aromatic carbocycles. The summed E-state index contributed by atoms with van der Waals surface area (Å²) in [4.78, 5) is 13.1. The number of nitrogens with one attached hydrogen (secondary N) is 1. The lowest BCUT2D eigenvalue weighted by atomic mass is 9.97. The molecule has 1 unspecified atom stereocenters. The summed E-state index contributed by atoms with van der Waals surface area (Å²) in [5, 5.41) is 8.92. The van der Waals surface area contributed by atoms with Crippen LogP contribution in [-0.4, -0.2) is 18.2 Å². The average Bonchev–Trinajstić information content (AvgIpc) is 2.23. The predicted molar refractivity (Wildman–Crippen MR) is 52.1 cm³/mol. The molecule has 1 atom stereocenters. The third-order valence-electron chi connectivity index (χ3n) is 2.58. The molecule has 1 aliphatic rings. The molecule has 2 rings (SSSR count). The van der Waals surface area contributed by atoms with Gasteiger partial charge in [-0.05, 0) is 11.6 Å². The molecule has 1 heterocycles. The maximum absolute atomic E-state index is 11.5. The summed E-state index contributed by atoms with van der Waals surface area (Å²) in [6.07, 6.45) is 0.296. The lowest BCUT2D eigenvalue weighted by Gasteiger charge is -2.30. The van der Waals surface area contributed by atoms with E-state index < -0.39 is 0 Å². The first-order valence-electron chi connectivity index (χ1n) is 4.49. The minimum absolute atomic E-state index is 0.00949. The maximum atomic E-state index is 11.5. The zero-order valence-corrected chi connectivity index (χ0v) is 7.90. The Balaban J connectivity index is 2.49. The Morgan fingerprint density at radius 3 is 2.93 bits per heavy atom. The zero-order valence-electron chi connectivity index (χ0n) is 7.90. The number of para-hydroxylation sites is 1. The van der Waals surface area contributed by atoms with E-state index in [9.17, 15) is 4.79 Å². The fraction of sp³-hybridized carbons (Fsp3) is 0.300. The normalized spacial score (nSPS) is 20.9. The van der Waals surface area contributed by atoms with E-state index in [4.69, 9.17) is 5.21 Å². The van der Waals surface area contributed by atoms with Crippen molar-refractivity contribution in [2.75, 3.05) is 11.9 Å². The molecular weight excluding hydrogens is 180 g/mol. The second-order valence-corrected chi connectivity index (χ2v) is 3.40. The Morgan fingerprint density at radius 2 is 2.21 bits per heavy atom. The molecule has 0 saturated heterocycles. The lowest BCUT2D eigenvalue weighted by molar-refractivity contribution is -0.120. The monoisotopic (exact) mass is 192 g/mol. The van der Waals surface area contributed by atoms with Crippen LogP contribution in [0.5, 0.6) is 0 Å². The Bertz CT molecular complexity index is 365. The highest BCUT2D eigenvalue weighted by atomic mass is 16.5. The predicted octanol–water partition coefficient (Wildman–Crippen LogP) is 1.07. The quantitative estimate of drug-likeness (QED) is 0.654. The van der Waals surface area contributed by atoms with Crippen LogP contribution in [0.25, 0.3) is 0 Å². The van der Waals surface area contributed by atoms with Gasteiger partial charge in [-0.25, -0.2) is 0 Å². The molecule has 74 valence electrons.